The third-order valence-electron chi connectivity index (χ3n) is 7.25. The fourth-order valence-corrected chi connectivity index (χ4v) is 5.22. The summed E-state index contributed by atoms with van der Waals surface area (Å²) in [5, 5.41) is 5.48. The summed E-state index contributed by atoms with van der Waals surface area (Å²) in [6.45, 7) is 18.0. The van der Waals surface area contributed by atoms with Gasteiger partial charge in [-0.1, -0.05) is 87.2 Å². The monoisotopic (exact) mass is 601 g/mol. The lowest BCUT2D eigenvalue weighted by Gasteiger charge is -2.15. The summed E-state index contributed by atoms with van der Waals surface area (Å²) in [4.78, 5) is 25.3. The van der Waals surface area contributed by atoms with Gasteiger partial charge in [-0.25, -0.2) is 0 Å². The molecule has 0 fully saturated rings. The maximum absolute atomic E-state index is 8.00. The molecule has 4 aromatic rings. The second-order valence-electron chi connectivity index (χ2n) is 10.4. The fraction of sp³-hybridized carbons (Fsp3) is 0.351. The van der Waals surface area contributed by atoms with Gasteiger partial charge in [0.1, 0.15) is 13.6 Å². The first kappa shape index (κ1) is 37.2. The Morgan fingerprint density at radius 1 is 0.930 bits per heavy atom. The summed E-state index contributed by atoms with van der Waals surface area (Å²) in [6.07, 6.45) is 7.55. The van der Waals surface area contributed by atoms with E-state index in [9.17, 15) is 0 Å². The van der Waals surface area contributed by atoms with Crippen molar-refractivity contribution in [3.63, 3.8) is 0 Å². The molecule has 0 aliphatic rings. The molecule has 0 bridgehead atoms. The third-order valence-corrected chi connectivity index (χ3v) is 7.76. The molecular formula is C37H48ClN3O2. The van der Waals surface area contributed by atoms with Crippen LogP contribution in [0, 0.1) is 19.8 Å². The molecule has 1 N–H and O–H groups in total. The average molecular weight is 602 g/mol. The number of aromatic nitrogens is 2. The normalized spacial score (nSPS) is 11.4. The molecule has 1 unspecified atom stereocenters. The molecule has 2 aromatic carbocycles. The van der Waals surface area contributed by atoms with E-state index in [1.807, 2.05) is 44.9 Å². The molecule has 0 spiro atoms. The number of halogens is 1. The Morgan fingerprint density at radius 3 is 2.19 bits per heavy atom. The van der Waals surface area contributed by atoms with Crippen LogP contribution in [0.1, 0.15) is 81.5 Å². The predicted molar refractivity (Wildman–Crippen MR) is 185 cm³/mol. The second kappa shape index (κ2) is 21.0. The number of nitrogens with zero attached hydrogens (tertiary/aromatic N) is 2. The Kier molecular flexibility index (Phi) is 18.1. The zero-order chi connectivity index (χ0) is 32.2. The highest BCUT2D eigenvalue weighted by Crippen LogP contribution is 2.30. The molecule has 6 heteroatoms. The zero-order valence-electron chi connectivity index (χ0n) is 26.8. The van der Waals surface area contributed by atoms with E-state index in [1.54, 1.807) is 0 Å². The van der Waals surface area contributed by atoms with Crippen LogP contribution in [0.5, 0.6) is 0 Å². The van der Waals surface area contributed by atoms with Gasteiger partial charge < -0.3 is 14.9 Å². The van der Waals surface area contributed by atoms with Gasteiger partial charge in [0.05, 0.1) is 5.52 Å². The van der Waals surface area contributed by atoms with Crippen LogP contribution in [0.3, 0.4) is 0 Å². The largest absolute Gasteiger partial charge is 0.385 e. The van der Waals surface area contributed by atoms with Crippen molar-refractivity contribution in [2.45, 2.75) is 73.6 Å². The van der Waals surface area contributed by atoms with E-state index < -0.39 is 0 Å². The molecule has 0 radical (unpaired) electrons. The van der Waals surface area contributed by atoms with Crippen LogP contribution in [-0.4, -0.2) is 30.1 Å². The zero-order valence-corrected chi connectivity index (χ0v) is 27.5. The number of hydrogen-bond donors (Lipinski definition) is 1. The van der Waals surface area contributed by atoms with E-state index in [1.165, 1.54) is 41.6 Å². The molecule has 230 valence electrons. The van der Waals surface area contributed by atoms with Crippen molar-refractivity contribution in [3.8, 4) is 0 Å². The minimum absolute atomic E-state index is 0.772. The summed E-state index contributed by atoms with van der Waals surface area (Å²) in [5.41, 5.74) is 8.91. The molecule has 4 rings (SSSR count). The Hall–Kier alpha value is -3.83. The Bertz CT molecular complexity index is 1380. The number of benzene rings is 2. The molecule has 2 heterocycles. The number of pyridine rings is 2. The Morgan fingerprint density at radius 2 is 1.58 bits per heavy atom. The highest BCUT2D eigenvalue weighted by Gasteiger charge is 2.12. The molecule has 0 aliphatic heterocycles. The van der Waals surface area contributed by atoms with Gasteiger partial charge in [0.25, 0.3) is 0 Å². The number of rotatable bonds is 10. The average Bonchev–Trinajstić information content (AvgIpc) is 3.05. The molecule has 0 saturated carbocycles. The number of para-hydroxylation sites is 2. The van der Waals surface area contributed by atoms with Crippen LogP contribution >= 0.6 is 11.6 Å². The number of aryl methyl sites for hydroxylation is 2. The smallest absolute Gasteiger partial charge is 0.106 e. The van der Waals surface area contributed by atoms with Crippen LogP contribution in [0.15, 0.2) is 78.5 Å². The number of anilines is 1. The van der Waals surface area contributed by atoms with Gasteiger partial charge in [0.2, 0.25) is 0 Å². The summed E-state index contributed by atoms with van der Waals surface area (Å²) in [6, 6.07) is 23.0. The maximum Gasteiger partial charge on any atom is 0.106 e. The number of carbonyl (C=O) groups excluding carboxylic acids is 2. The molecule has 0 amide bonds. The quantitative estimate of drug-likeness (QED) is 0.196. The maximum atomic E-state index is 8.00. The molecule has 43 heavy (non-hydrogen) atoms. The van der Waals surface area contributed by atoms with Crippen LogP contribution in [0.25, 0.3) is 15.9 Å². The van der Waals surface area contributed by atoms with E-state index in [2.05, 4.69) is 93.5 Å². The fourth-order valence-electron chi connectivity index (χ4n) is 4.80. The van der Waals surface area contributed by atoms with Crippen LogP contribution in [0.4, 0.5) is 5.69 Å². The number of nitrogens with one attached hydrogen (secondary N) is 1. The Balaban J connectivity index is 0.000000437. The van der Waals surface area contributed by atoms with Gasteiger partial charge in [-0.05, 0) is 81.0 Å². The first-order valence-electron chi connectivity index (χ1n) is 14.9. The summed E-state index contributed by atoms with van der Waals surface area (Å²) in [7, 11) is 0. The van der Waals surface area contributed by atoms with E-state index in [-0.39, 0.29) is 0 Å². The van der Waals surface area contributed by atoms with Crippen LogP contribution in [0.2, 0.25) is 0 Å². The topological polar surface area (TPSA) is 72.0 Å². The number of carbonyl (C=O) groups is 2. The van der Waals surface area contributed by atoms with E-state index in [0.717, 1.165) is 58.2 Å². The van der Waals surface area contributed by atoms with E-state index >= 15 is 0 Å². The lowest BCUT2D eigenvalue weighted by Crippen LogP contribution is -2.13. The van der Waals surface area contributed by atoms with Gasteiger partial charge in [-0.2, -0.15) is 0 Å². The standard InChI is InChI=1S/C22H23ClN2.C13H21N.2CH2O/c1-5-14(2)22(23)21-15(3)10-19(25-16(21)4)12-17-11-18-8-6-7-9-20(18)24-13-17;1-3-8-12(4-2)11-14-13-9-6-5-7-10-13;2*1-2/h6-11,13H,5,12H2,1-4H3;5-7,9-10,12,14H,3-4,8,11H2,1-2H3;2*1H2/b22-14-;;;. The molecule has 0 aliphatic carbocycles. The highest BCUT2D eigenvalue weighted by atomic mass is 35.5. The van der Waals surface area contributed by atoms with Crippen LogP contribution < -0.4 is 5.32 Å². The van der Waals surface area contributed by atoms with Gasteiger partial charge in [0.15, 0.2) is 0 Å². The second-order valence-corrected chi connectivity index (χ2v) is 10.7. The lowest BCUT2D eigenvalue weighted by atomic mass is 10.0. The molecular weight excluding hydrogens is 554 g/mol. The molecule has 0 saturated heterocycles. The van der Waals surface area contributed by atoms with E-state index in [0.29, 0.717) is 0 Å². The molecule has 1 atom stereocenters. The highest BCUT2D eigenvalue weighted by molar-refractivity contribution is 6.49. The molecule has 2 aromatic heterocycles. The van der Waals surface area contributed by atoms with Crippen molar-refractivity contribution in [2.75, 3.05) is 11.9 Å². The van der Waals surface area contributed by atoms with Crippen molar-refractivity contribution >= 4 is 46.8 Å². The van der Waals surface area contributed by atoms with Crippen molar-refractivity contribution in [1.82, 2.24) is 9.97 Å². The summed E-state index contributed by atoms with van der Waals surface area (Å²) in [5.74, 6) is 0.820. The number of fused-ring (bicyclic) bond motifs is 1. The lowest BCUT2D eigenvalue weighted by molar-refractivity contribution is -0.0987. The predicted octanol–water partition coefficient (Wildman–Crippen LogP) is 9.77. The van der Waals surface area contributed by atoms with Gasteiger partial charge >= 0.3 is 0 Å². The van der Waals surface area contributed by atoms with Gasteiger partial charge in [-0.3, -0.25) is 9.97 Å². The summed E-state index contributed by atoms with van der Waals surface area (Å²) < 4.78 is 0. The van der Waals surface area contributed by atoms with Crippen molar-refractivity contribution in [3.05, 3.63) is 107 Å². The SMILES string of the molecule is C=O.C=O.CC/C(C)=C(\Cl)c1c(C)cc(Cc2cnc3ccccc3c2)nc1C.CCCC(CC)CNc1ccccc1. The Labute approximate surface area is 263 Å². The van der Waals surface area contributed by atoms with Crippen molar-refractivity contribution in [1.29, 1.82) is 0 Å². The van der Waals surface area contributed by atoms with Crippen LogP contribution in [-0.2, 0) is 16.0 Å². The summed E-state index contributed by atoms with van der Waals surface area (Å²) >= 11 is 6.57. The minimum atomic E-state index is 0.772. The number of hydrogen-bond acceptors (Lipinski definition) is 5. The minimum Gasteiger partial charge on any atom is -0.385 e. The first-order chi connectivity index (χ1) is 20.9. The van der Waals surface area contributed by atoms with Crippen molar-refractivity contribution < 1.29 is 9.59 Å². The van der Waals surface area contributed by atoms with E-state index in [4.69, 9.17) is 26.2 Å². The van der Waals surface area contributed by atoms with Crippen molar-refractivity contribution in [2.24, 2.45) is 5.92 Å². The first-order valence-corrected chi connectivity index (χ1v) is 15.3. The number of allylic oxidation sites excluding steroid dienone is 1. The van der Waals surface area contributed by atoms with Gasteiger partial charge in [-0.15, -0.1) is 0 Å². The molecule has 5 nitrogen and oxygen atoms in total. The van der Waals surface area contributed by atoms with Gasteiger partial charge in [0, 0.05) is 52.2 Å². The third kappa shape index (κ3) is 12.1.